The Balaban J connectivity index is 3.31. The Labute approximate surface area is 113 Å². The van der Waals surface area contributed by atoms with Crippen molar-refractivity contribution < 1.29 is 27.4 Å². The monoisotopic (exact) mass is 287 g/mol. The number of carbonyl (C=O) groups excluding carboxylic acids is 1. The fourth-order valence-electron chi connectivity index (χ4n) is 1.61. The maximum atomic E-state index is 12.2. The second kappa shape index (κ2) is 6.28. The maximum absolute atomic E-state index is 12.2. The van der Waals surface area contributed by atoms with Gasteiger partial charge in [0.2, 0.25) is 0 Å². The molecule has 7 heteroatoms. The highest BCUT2D eigenvalue weighted by atomic mass is 19.4. The maximum Gasteiger partial charge on any atom is 0.573 e. The number of esters is 1. The summed E-state index contributed by atoms with van der Waals surface area (Å²) in [6, 6.07) is 3.67. The number of benzene rings is 1. The van der Waals surface area contributed by atoms with Crippen molar-refractivity contribution in [2.75, 3.05) is 6.61 Å². The van der Waals surface area contributed by atoms with Gasteiger partial charge in [-0.3, -0.25) is 0 Å². The number of rotatable bonds is 4. The van der Waals surface area contributed by atoms with Crippen LogP contribution in [0, 0.1) is 11.3 Å². The van der Waals surface area contributed by atoms with Crippen LogP contribution in [0.5, 0.6) is 5.75 Å². The molecule has 0 bridgehead atoms. The van der Waals surface area contributed by atoms with Crippen molar-refractivity contribution >= 4 is 5.97 Å². The third kappa shape index (κ3) is 3.88. The molecule has 1 rings (SSSR count). The van der Waals surface area contributed by atoms with Crippen LogP contribution in [0.2, 0.25) is 0 Å². The molecule has 0 amide bonds. The number of alkyl halides is 3. The highest BCUT2D eigenvalue weighted by molar-refractivity contribution is 5.92. The molecule has 0 aliphatic rings. The lowest BCUT2D eigenvalue weighted by Gasteiger charge is -2.14. The minimum absolute atomic E-state index is 0.0698. The van der Waals surface area contributed by atoms with Gasteiger partial charge < -0.3 is 9.47 Å². The van der Waals surface area contributed by atoms with Gasteiger partial charge >= 0.3 is 12.3 Å². The van der Waals surface area contributed by atoms with E-state index >= 15 is 0 Å². The quantitative estimate of drug-likeness (QED) is 0.798. The van der Waals surface area contributed by atoms with E-state index in [2.05, 4.69) is 4.74 Å². The van der Waals surface area contributed by atoms with Crippen molar-refractivity contribution in [1.82, 2.24) is 0 Å². The second-order valence-corrected chi connectivity index (χ2v) is 3.74. The van der Waals surface area contributed by atoms with E-state index in [1.54, 1.807) is 19.9 Å². The van der Waals surface area contributed by atoms with E-state index in [0.717, 1.165) is 12.1 Å². The summed E-state index contributed by atoms with van der Waals surface area (Å²) in [6.07, 6.45) is -4.60. The molecule has 1 aromatic carbocycles. The average molecular weight is 287 g/mol. The van der Waals surface area contributed by atoms with E-state index in [4.69, 9.17) is 10.00 Å². The summed E-state index contributed by atoms with van der Waals surface area (Å²) in [5, 5.41) is 8.87. The fourth-order valence-corrected chi connectivity index (χ4v) is 1.61. The van der Waals surface area contributed by atoms with Crippen LogP contribution < -0.4 is 4.74 Å². The summed E-state index contributed by atoms with van der Waals surface area (Å²) < 4.78 is 45.3. The molecule has 0 heterocycles. The van der Waals surface area contributed by atoms with E-state index in [9.17, 15) is 18.0 Å². The van der Waals surface area contributed by atoms with Crippen LogP contribution in [-0.4, -0.2) is 18.9 Å². The van der Waals surface area contributed by atoms with E-state index < -0.39 is 18.1 Å². The summed E-state index contributed by atoms with van der Waals surface area (Å²) in [6.45, 7) is 3.40. The summed E-state index contributed by atoms with van der Waals surface area (Å²) >= 11 is 0. The summed E-state index contributed by atoms with van der Waals surface area (Å²) in [7, 11) is 0. The molecular formula is C13H12F3NO3. The van der Waals surface area contributed by atoms with Gasteiger partial charge in [0.1, 0.15) is 11.8 Å². The number of nitrogens with zero attached hydrogens (tertiary/aromatic N) is 1. The van der Waals surface area contributed by atoms with Crippen LogP contribution in [0.4, 0.5) is 13.2 Å². The van der Waals surface area contributed by atoms with Gasteiger partial charge in [0, 0.05) is 0 Å². The summed E-state index contributed by atoms with van der Waals surface area (Å²) in [5.74, 6) is -1.30. The van der Waals surface area contributed by atoms with Crippen LogP contribution in [0.15, 0.2) is 12.1 Å². The lowest BCUT2D eigenvalue weighted by Crippen LogP contribution is -2.18. The van der Waals surface area contributed by atoms with Crippen LogP contribution in [0.25, 0.3) is 0 Å². The van der Waals surface area contributed by atoms with Gasteiger partial charge in [-0.15, -0.1) is 13.2 Å². The third-order valence-corrected chi connectivity index (χ3v) is 2.43. The van der Waals surface area contributed by atoms with Crippen molar-refractivity contribution in [2.24, 2.45) is 0 Å². The van der Waals surface area contributed by atoms with Crippen molar-refractivity contribution in [3.05, 3.63) is 28.8 Å². The molecule has 0 aliphatic heterocycles. The molecule has 0 atom stereocenters. The van der Waals surface area contributed by atoms with Gasteiger partial charge in [0.15, 0.2) is 0 Å². The Kier molecular flexibility index (Phi) is 4.97. The summed E-state index contributed by atoms with van der Waals surface area (Å²) in [4.78, 5) is 11.7. The molecule has 0 aromatic heterocycles. The van der Waals surface area contributed by atoms with E-state index in [1.165, 1.54) is 0 Å². The minimum Gasteiger partial charge on any atom is -0.462 e. The molecule has 0 fully saturated rings. The first-order valence-electron chi connectivity index (χ1n) is 5.82. The topological polar surface area (TPSA) is 59.3 Å². The van der Waals surface area contributed by atoms with Crippen LogP contribution >= 0.6 is 0 Å². The number of aryl methyl sites for hydroxylation is 1. The molecule has 0 unspecified atom stereocenters. The Morgan fingerprint density at radius 2 is 2.00 bits per heavy atom. The predicted octanol–water partition coefficient (Wildman–Crippen LogP) is 3.20. The predicted molar refractivity (Wildman–Crippen MR) is 63.2 cm³/mol. The van der Waals surface area contributed by atoms with Gasteiger partial charge in [-0.05, 0) is 31.0 Å². The molecule has 0 N–H and O–H groups in total. The Morgan fingerprint density at radius 1 is 1.35 bits per heavy atom. The molecule has 4 nitrogen and oxygen atoms in total. The smallest absolute Gasteiger partial charge is 0.462 e. The Bertz CT molecular complexity index is 547. The highest BCUT2D eigenvalue weighted by Gasteiger charge is 2.33. The first-order chi connectivity index (χ1) is 9.32. The zero-order chi connectivity index (χ0) is 15.3. The fraction of sp³-hybridized carbons (Fsp3) is 0.385. The van der Waals surface area contributed by atoms with Crippen molar-refractivity contribution in [3.63, 3.8) is 0 Å². The molecule has 1 aromatic rings. The summed E-state index contributed by atoms with van der Waals surface area (Å²) in [5.41, 5.74) is 0.0182. The van der Waals surface area contributed by atoms with Crippen LogP contribution in [0.3, 0.4) is 0 Å². The van der Waals surface area contributed by atoms with E-state index in [-0.39, 0.29) is 17.7 Å². The number of carbonyl (C=O) groups is 1. The molecule has 0 radical (unpaired) electrons. The molecule has 0 spiro atoms. The number of hydrogen-bond donors (Lipinski definition) is 0. The van der Waals surface area contributed by atoms with Gasteiger partial charge in [0.25, 0.3) is 0 Å². The second-order valence-electron chi connectivity index (χ2n) is 3.74. The highest BCUT2D eigenvalue weighted by Crippen LogP contribution is 2.29. The number of hydrogen-bond acceptors (Lipinski definition) is 4. The van der Waals surface area contributed by atoms with Crippen molar-refractivity contribution in [3.8, 4) is 11.8 Å². The van der Waals surface area contributed by atoms with Gasteiger partial charge in [-0.25, -0.2) is 4.79 Å². The normalized spacial score (nSPS) is 10.8. The first-order valence-corrected chi connectivity index (χ1v) is 5.82. The zero-order valence-corrected chi connectivity index (χ0v) is 10.9. The minimum atomic E-state index is -4.90. The average Bonchev–Trinajstić information content (AvgIpc) is 2.36. The Morgan fingerprint density at radius 3 is 2.45 bits per heavy atom. The van der Waals surface area contributed by atoms with Gasteiger partial charge in [0.05, 0.1) is 17.7 Å². The van der Waals surface area contributed by atoms with Crippen LogP contribution in [0.1, 0.15) is 35.3 Å². The van der Waals surface area contributed by atoms with E-state index in [1.807, 2.05) is 0 Å². The largest absolute Gasteiger partial charge is 0.573 e. The molecule has 108 valence electrons. The van der Waals surface area contributed by atoms with Crippen molar-refractivity contribution in [1.29, 1.82) is 5.26 Å². The molecule has 0 aliphatic carbocycles. The Hall–Kier alpha value is -2.23. The SMILES string of the molecule is CCOC(=O)c1cc(C#N)c(OC(F)(F)F)cc1CC. The standard InChI is InChI=1S/C13H12F3NO3/c1-3-8-6-11(20-13(14,15)16)9(7-17)5-10(8)12(18)19-4-2/h5-6H,3-4H2,1-2H3. The number of halogens is 3. The lowest BCUT2D eigenvalue weighted by atomic mass is 10.0. The molecule has 0 saturated heterocycles. The number of nitriles is 1. The molecule has 0 saturated carbocycles. The first kappa shape index (κ1) is 15.8. The van der Waals surface area contributed by atoms with Crippen LogP contribution in [-0.2, 0) is 11.2 Å². The zero-order valence-electron chi connectivity index (χ0n) is 10.9. The number of ether oxygens (including phenoxy) is 2. The molecule has 20 heavy (non-hydrogen) atoms. The van der Waals surface area contributed by atoms with Gasteiger partial charge in [-0.1, -0.05) is 6.92 Å². The van der Waals surface area contributed by atoms with Gasteiger partial charge in [-0.2, -0.15) is 5.26 Å². The lowest BCUT2D eigenvalue weighted by molar-refractivity contribution is -0.274. The van der Waals surface area contributed by atoms with E-state index in [0.29, 0.717) is 12.0 Å². The molecular weight excluding hydrogens is 275 g/mol. The third-order valence-electron chi connectivity index (χ3n) is 2.43. The van der Waals surface area contributed by atoms with Crippen molar-refractivity contribution in [2.45, 2.75) is 26.6 Å².